The number of fused-ring (bicyclic) bond motifs is 1. The zero-order valence-electron chi connectivity index (χ0n) is 17.5. The molecular formula is C20H22ClN5O5S. The number of likely N-dealkylation sites (N-methyl/N-ethyl adjacent to an activating group) is 1. The maximum Gasteiger partial charge on any atom is 0.277 e. The fraction of sp³-hybridized carbons (Fsp3) is 0.300. The molecule has 0 bridgehead atoms. The first-order chi connectivity index (χ1) is 14.8. The molecule has 0 N–H and O–H groups in total. The molecule has 1 heterocycles. The Kier molecular flexibility index (Phi) is 8.58. The Balaban J connectivity index is 0.00000363. The van der Waals surface area contributed by atoms with Crippen molar-refractivity contribution in [3.05, 3.63) is 68.3 Å². The van der Waals surface area contributed by atoms with E-state index in [1.54, 1.807) is 0 Å². The van der Waals surface area contributed by atoms with E-state index in [1.807, 2.05) is 38.1 Å². The van der Waals surface area contributed by atoms with Crippen LogP contribution in [0.25, 0.3) is 10.2 Å². The number of benzene rings is 2. The summed E-state index contributed by atoms with van der Waals surface area (Å²) < 4.78 is 0.892. The van der Waals surface area contributed by atoms with Gasteiger partial charge in [-0.15, -0.1) is 12.4 Å². The third-order valence-corrected chi connectivity index (χ3v) is 5.92. The minimum atomic E-state index is -0.748. The average Bonchev–Trinajstić information content (AvgIpc) is 3.19. The first-order valence-corrected chi connectivity index (χ1v) is 10.5. The summed E-state index contributed by atoms with van der Waals surface area (Å²) in [5.74, 6) is -0.571. The maximum atomic E-state index is 13.4. The normalized spacial score (nSPS) is 10.7. The van der Waals surface area contributed by atoms with Gasteiger partial charge in [-0.2, -0.15) is 0 Å². The molecule has 3 rings (SSSR count). The van der Waals surface area contributed by atoms with Crippen molar-refractivity contribution >= 4 is 56.4 Å². The van der Waals surface area contributed by atoms with Crippen LogP contribution < -0.4 is 4.90 Å². The highest BCUT2D eigenvalue weighted by atomic mass is 35.5. The Morgan fingerprint density at radius 2 is 1.59 bits per heavy atom. The number of halogens is 1. The molecule has 0 unspecified atom stereocenters. The topological polar surface area (TPSA) is 123 Å². The summed E-state index contributed by atoms with van der Waals surface area (Å²) in [4.78, 5) is 42.5. The van der Waals surface area contributed by atoms with Gasteiger partial charge in [0.1, 0.15) is 0 Å². The van der Waals surface area contributed by atoms with Gasteiger partial charge in [-0.1, -0.05) is 37.3 Å². The van der Waals surface area contributed by atoms with E-state index in [-0.39, 0.29) is 24.5 Å². The van der Waals surface area contributed by atoms with E-state index in [0.29, 0.717) is 11.7 Å². The molecule has 0 fully saturated rings. The lowest BCUT2D eigenvalue weighted by molar-refractivity contribution is -0.394. The Morgan fingerprint density at radius 3 is 2.12 bits per heavy atom. The molecule has 12 heteroatoms. The molecule has 1 aromatic heterocycles. The second-order valence-electron chi connectivity index (χ2n) is 6.70. The van der Waals surface area contributed by atoms with Crippen LogP contribution in [0.5, 0.6) is 0 Å². The lowest BCUT2D eigenvalue weighted by atomic mass is 10.1. The second-order valence-corrected chi connectivity index (χ2v) is 7.71. The van der Waals surface area contributed by atoms with Crippen LogP contribution in [0.2, 0.25) is 0 Å². The van der Waals surface area contributed by atoms with E-state index in [2.05, 4.69) is 9.88 Å². The van der Waals surface area contributed by atoms with Gasteiger partial charge in [0.05, 0.1) is 31.7 Å². The number of aromatic nitrogens is 1. The van der Waals surface area contributed by atoms with Crippen molar-refractivity contribution in [1.29, 1.82) is 0 Å². The van der Waals surface area contributed by atoms with Gasteiger partial charge in [-0.05, 0) is 25.2 Å². The van der Waals surface area contributed by atoms with E-state index >= 15 is 0 Å². The SMILES string of the molecule is CCN(CC)CCN(C(=O)c1cc([N+](=O)[O-])cc([N+](=O)[O-])c1)c1nc2ccccc2s1.Cl. The highest BCUT2D eigenvalue weighted by molar-refractivity contribution is 7.22. The van der Waals surface area contributed by atoms with E-state index < -0.39 is 27.1 Å². The van der Waals surface area contributed by atoms with Gasteiger partial charge in [0, 0.05) is 25.2 Å². The van der Waals surface area contributed by atoms with Gasteiger partial charge in [-0.25, -0.2) is 4.98 Å². The van der Waals surface area contributed by atoms with Crippen molar-refractivity contribution in [3.8, 4) is 0 Å². The number of para-hydroxylation sites is 1. The summed E-state index contributed by atoms with van der Waals surface area (Å²) in [5.41, 5.74) is -0.413. The minimum Gasteiger partial charge on any atom is -0.302 e. The summed E-state index contributed by atoms with van der Waals surface area (Å²) in [5, 5.41) is 22.9. The first kappa shape index (κ1) is 25.1. The van der Waals surface area contributed by atoms with E-state index in [1.165, 1.54) is 16.2 Å². The van der Waals surface area contributed by atoms with Crippen LogP contribution in [0.1, 0.15) is 24.2 Å². The van der Waals surface area contributed by atoms with Crippen LogP contribution in [-0.4, -0.2) is 51.8 Å². The number of nitrogens with zero attached hydrogens (tertiary/aromatic N) is 5. The fourth-order valence-electron chi connectivity index (χ4n) is 3.13. The van der Waals surface area contributed by atoms with Crippen molar-refractivity contribution in [1.82, 2.24) is 9.88 Å². The number of hydrogen-bond donors (Lipinski definition) is 0. The van der Waals surface area contributed by atoms with Crippen molar-refractivity contribution < 1.29 is 14.6 Å². The maximum absolute atomic E-state index is 13.4. The van der Waals surface area contributed by atoms with Gasteiger partial charge in [0.2, 0.25) is 0 Å². The monoisotopic (exact) mass is 479 g/mol. The predicted molar refractivity (Wildman–Crippen MR) is 126 cm³/mol. The molecule has 0 atom stereocenters. The summed E-state index contributed by atoms with van der Waals surface area (Å²) >= 11 is 1.32. The van der Waals surface area contributed by atoms with E-state index in [9.17, 15) is 25.0 Å². The molecular weight excluding hydrogens is 458 g/mol. The molecule has 0 aliphatic heterocycles. The molecule has 0 saturated heterocycles. The third kappa shape index (κ3) is 5.55. The smallest absolute Gasteiger partial charge is 0.277 e. The van der Waals surface area contributed by atoms with Crippen LogP contribution in [0.15, 0.2) is 42.5 Å². The van der Waals surface area contributed by atoms with Gasteiger partial charge in [0.25, 0.3) is 17.3 Å². The number of nitro groups is 2. The summed E-state index contributed by atoms with van der Waals surface area (Å²) in [6.07, 6.45) is 0. The zero-order valence-corrected chi connectivity index (χ0v) is 19.1. The lowest BCUT2D eigenvalue weighted by Crippen LogP contribution is -2.38. The van der Waals surface area contributed by atoms with Crippen LogP contribution in [0.4, 0.5) is 16.5 Å². The minimum absolute atomic E-state index is 0. The molecule has 3 aromatic rings. The number of carbonyl (C=O) groups is 1. The summed E-state index contributed by atoms with van der Waals surface area (Å²) in [7, 11) is 0. The Labute approximate surface area is 194 Å². The number of carbonyl (C=O) groups excluding carboxylic acids is 1. The number of anilines is 1. The highest BCUT2D eigenvalue weighted by Gasteiger charge is 2.26. The fourth-order valence-corrected chi connectivity index (χ4v) is 4.12. The van der Waals surface area contributed by atoms with Crippen LogP contribution in [-0.2, 0) is 0 Å². The number of thiazole rings is 1. The van der Waals surface area contributed by atoms with Crippen molar-refractivity contribution in [3.63, 3.8) is 0 Å². The zero-order chi connectivity index (χ0) is 22.5. The van der Waals surface area contributed by atoms with Gasteiger partial charge < -0.3 is 4.90 Å². The molecule has 0 radical (unpaired) electrons. The van der Waals surface area contributed by atoms with Gasteiger partial charge >= 0.3 is 0 Å². The Morgan fingerprint density at radius 1 is 1.00 bits per heavy atom. The first-order valence-electron chi connectivity index (χ1n) is 9.67. The number of hydrogen-bond acceptors (Lipinski definition) is 8. The largest absolute Gasteiger partial charge is 0.302 e. The summed E-state index contributed by atoms with van der Waals surface area (Å²) in [6, 6.07) is 10.4. The molecule has 0 saturated carbocycles. The molecule has 32 heavy (non-hydrogen) atoms. The van der Waals surface area contributed by atoms with E-state index in [4.69, 9.17) is 0 Å². The molecule has 170 valence electrons. The number of rotatable bonds is 9. The summed E-state index contributed by atoms with van der Waals surface area (Å²) in [6.45, 7) is 6.46. The number of nitro benzene ring substituents is 2. The Bertz CT molecular complexity index is 1070. The van der Waals surface area contributed by atoms with E-state index in [0.717, 1.165) is 41.5 Å². The molecule has 10 nitrogen and oxygen atoms in total. The van der Waals surface area contributed by atoms with Crippen molar-refractivity contribution in [2.45, 2.75) is 13.8 Å². The standard InChI is InChI=1S/C20H21N5O5S.ClH/c1-3-22(4-2)9-10-23(20-21-17-7-5-6-8-18(17)31-20)19(26)14-11-15(24(27)28)13-16(12-14)25(29)30;/h5-8,11-13H,3-4,9-10H2,1-2H3;1H. The predicted octanol–water partition coefficient (Wildman–Crippen LogP) is 4.52. The average molecular weight is 480 g/mol. The lowest BCUT2D eigenvalue weighted by Gasteiger charge is -2.24. The quantitative estimate of drug-likeness (QED) is 0.326. The number of amides is 1. The third-order valence-electron chi connectivity index (χ3n) is 4.86. The molecule has 2 aromatic carbocycles. The van der Waals surface area contributed by atoms with Crippen molar-refractivity contribution in [2.75, 3.05) is 31.1 Å². The number of non-ortho nitro benzene ring substituents is 2. The molecule has 0 spiro atoms. The van der Waals surface area contributed by atoms with Gasteiger partial charge in [0.15, 0.2) is 5.13 Å². The van der Waals surface area contributed by atoms with Crippen LogP contribution >= 0.6 is 23.7 Å². The van der Waals surface area contributed by atoms with Gasteiger partial charge in [-0.3, -0.25) is 29.9 Å². The second kappa shape index (κ2) is 10.9. The molecule has 0 aliphatic carbocycles. The molecule has 1 amide bonds. The van der Waals surface area contributed by atoms with Crippen molar-refractivity contribution in [2.24, 2.45) is 0 Å². The van der Waals surface area contributed by atoms with Crippen LogP contribution in [0.3, 0.4) is 0 Å². The van der Waals surface area contributed by atoms with Crippen LogP contribution in [0, 0.1) is 20.2 Å². The Hall–Kier alpha value is -3.15. The highest BCUT2D eigenvalue weighted by Crippen LogP contribution is 2.31. The molecule has 0 aliphatic rings.